The first-order valence-corrected chi connectivity index (χ1v) is 8.94. The topological polar surface area (TPSA) is 31.1 Å². The maximum atomic E-state index is 3.51. The highest BCUT2D eigenvalue weighted by molar-refractivity contribution is 5.85. The second kappa shape index (κ2) is 9.10. The molecule has 0 unspecified atom stereocenters. The highest BCUT2D eigenvalue weighted by atomic mass is 35.5. The fourth-order valence-corrected chi connectivity index (χ4v) is 4.50. The number of aromatic nitrogens is 1. The first-order chi connectivity index (χ1) is 10.9. The largest absolute Gasteiger partial charge is 0.361 e. The van der Waals surface area contributed by atoms with E-state index in [2.05, 4.69) is 45.7 Å². The van der Waals surface area contributed by atoms with E-state index in [4.69, 9.17) is 0 Å². The Morgan fingerprint density at radius 3 is 2.42 bits per heavy atom. The zero-order valence-electron chi connectivity index (χ0n) is 14.2. The van der Waals surface area contributed by atoms with Crippen molar-refractivity contribution in [3.05, 3.63) is 36.0 Å². The van der Waals surface area contributed by atoms with Crippen LogP contribution in [0, 0.1) is 5.92 Å². The van der Waals surface area contributed by atoms with Crippen molar-refractivity contribution < 1.29 is 0 Å². The quantitative estimate of drug-likeness (QED) is 0.831. The molecule has 2 fully saturated rings. The lowest BCUT2D eigenvalue weighted by molar-refractivity contribution is 0.104. The van der Waals surface area contributed by atoms with Gasteiger partial charge in [0.25, 0.3) is 0 Å². The number of halogens is 2. The Labute approximate surface area is 157 Å². The molecule has 1 atom stereocenters. The summed E-state index contributed by atoms with van der Waals surface area (Å²) < 4.78 is 0. The zero-order chi connectivity index (χ0) is 14.8. The van der Waals surface area contributed by atoms with Gasteiger partial charge in [0.1, 0.15) is 0 Å². The number of nitrogens with one attached hydrogen (secondary N) is 2. The smallest absolute Gasteiger partial charge is 0.0457 e. The summed E-state index contributed by atoms with van der Waals surface area (Å²) in [5.41, 5.74) is 2.82. The van der Waals surface area contributed by atoms with Crippen LogP contribution in [0.2, 0.25) is 0 Å². The van der Waals surface area contributed by atoms with Crippen molar-refractivity contribution in [3.8, 4) is 0 Å². The van der Waals surface area contributed by atoms with Crippen molar-refractivity contribution in [1.82, 2.24) is 15.2 Å². The van der Waals surface area contributed by atoms with Gasteiger partial charge in [0.2, 0.25) is 0 Å². The van der Waals surface area contributed by atoms with Gasteiger partial charge in [0.15, 0.2) is 0 Å². The number of para-hydroxylation sites is 1. The van der Waals surface area contributed by atoms with Gasteiger partial charge in [0.05, 0.1) is 0 Å². The van der Waals surface area contributed by atoms with E-state index in [0.717, 1.165) is 19.0 Å². The maximum Gasteiger partial charge on any atom is 0.0457 e. The lowest BCUT2D eigenvalue weighted by Crippen LogP contribution is -2.47. The number of hydrogen-bond acceptors (Lipinski definition) is 2. The number of rotatable bonds is 3. The summed E-state index contributed by atoms with van der Waals surface area (Å²) in [6.07, 6.45) is 9.33. The van der Waals surface area contributed by atoms with Crippen LogP contribution in [0.15, 0.2) is 30.5 Å². The molecule has 1 saturated carbocycles. The van der Waals surface area contributed by atoms with Gasteiger partial charge >= 0.3 is 0 Å². The minimum Gasteiger partial charge on any atom is -0.361 e. The third kappa shape index (κ3) is 3.91. The van der Waals surface area contributed by atoms with Crippen molar-refractivity contribution >= 4 is 35.7 Å². The van der Waals surface area contributed by atoms with Crippen LogP contribution < -0.4 is 5.32 Å². The second-order valence-corrected chi connectivity index (χ2v) is 6.92. The fraction of sp³-hybridized carbons (Fsp3) is 0.579. The lowest BCUT2D eigenvalue weighted by Gasteiger charge is -2.41. The molecule has 1 saturated heterocycles. The molecule has 1 aliphatic heterocycles. The van der Waals surface area contributed by atoms with E-state index in [-0.39, 0.29) is 24.8 Å². The van der Waals surface area contributed by atoms with Crippen LogP contribution in [0.5, 0.6) is 0 Å². The Bertz CT molecular complexity index is 598. The fourth-order valence-electron chi connectivity index (χ4n) is 4.50. The molecule has 2 aromatic rings. The molecule has 0 bridgehead atoms. The minimum atomic E-state index is 0. The van der Waals surface area contributed by atoms with Crippen molar-refractivity contribution in [3.63, 3.8) is 0 Å². The van der Waals surface area contributed by atoms with Gasteiger partial charge in [-0.2, -0.15) is 0 Å². The van der Waals surface area contributed by atoms with Gasteiger partial charge < -0.3 is 10.3 Å². The number of aromatic amines is 1. The van der Waals surface area contributed by atoms with Crippen molar-refractivity contribution in [2.24, 2.45) is 5.92 Å². The lowest BCUT2D eigenvalue weighted by atomic mass is 9.80. The Morgan fingerprint density at radius 1 is 0.958 bits per heavy atom. The summed E-state index contributed by atoms with van der Waals surface area (Å²) in [5.74, 6) is 0.825. The van der Waals surface area contributed by atoms with Gasteiger partial charge in [-0.1, -0.05) is 37.5 Å². The van der Waals surface area contributed by atoms with Crippen LogP contribution in [0.4, 0.5) is 0 Å². The van der Waals surface area contributed by atoms with Gasteiger partial charge in [-0.15, -0.1) is 24.8 Å². The summed E-state index contributed by atoms with van der Waals surface area (Å²) in [6.45, 7) is 4.62. The third-order valence-electron chi connectivity index (χ3n) is 5.58. The first-order valence-electron chi connectivity index (χ1n) is 8.94. The molecule has 4 rings (SSSR count). The average Bonchev–Trinajstić information content (AvgIpc) is 3.01. The van der Waals surface area contributed by atoms with Crippen molar-refractivity contribution in [2.75, 3.05) is 26.2 Å². The van der Waals surface area contributed by atoms with Crippen LogP contribution in [0.25, 0.3) is 10.9 Å². The Kier molecular flexibility index (Phi) is 7.42. The standard InChI is InChI=1S/C19H27N3.2ClH/c1-2-6-15(7-3-1)19(22-12-10-20-11-13-22)17-14-21-18-9-5-4-8-16(17)18;;/h4-5,8-9,14-15,19-21H,1-3,6-7,10-13H2;2*1H/t19-;;/m1../s1. The number of hydrogen-bond donors (Lipinski definition) is 2. The molecular weight excluding hydrogens is 341 g/mol. The van der Waals surface area contributed by atoms with Crippen molar-refractivity contribution in [2.45, 2.75) is 38.1 Å². The van der Waals surface area contributed by atoms with Crippen LogP contribution in [-0.2, 0) is 0 Å². The number of piperazine rings is 1. The number of fused-ring (bicyclic) bond motifs is 1. The summed E-state index contributed by atoms with van der Waals surface area (Å²) in [4.78, 5) is 6.24. The second-order valence-electron chi connectivity index (χ2n) is 6.92. The maximum absolute atomic E-state index is 3.51. The molecule has 3 nitrogen and oxygen atoms in total. The molecule has 5 heteroatoms. The molecule has 1 aromatic carbocycles. The van der Waals surface area contributed by atoms with Gasteiger partial charge in [-0.25, -0.2) is 0 Å². The van der Waals surface area contributed by atoms with Crippen LogP contribution in [-0.4, -0.2) is 36.1 Å². The van der Waals surface area contributed by atoms with Crippen molar-refractivity contribution in [1.29, 1.82) is 0 Å². The molecule has 1 aromatic heterocycles. The third-order valence-corrected chi connectivity index (χ3v) is 5.58. The molecule has 0 amide bonds. The monoisotopic (exact) mass is 369 g/mol. The summed E-state index contributed by atoms with van der Waals surface area (Å²) in [7, 11) is 0. The normalized spacial score (nSPS) is 21.0. The predicted molar refractivity (Wildman–Crippen MR) is 107 cm³/mol. The Balaban J connectivity index is 0.00000104. The summed E-state index contributed by atoms with van der Waals surface area (Å²) in [5, 5.41) is 4.93. The van der Waals surface area contributed by atoms with Gasteiger partial charge in [-0.3, -0.25) is 4.90 Å². The van der Waals surface area contributed by atoms with Crippen LogP contribution >= 0.6 is 24.8 Å². The molecule has 1 aliphatic carbocycles. The number of nitrogens with zero attached hydrogens (tertiary/aromatic N) is 1. The molecule has 2 heterocycles. The number of benzene rings is 1. The van der Waals surface area contributed by atoms with E-state index in [1.54, 1.807) is 0 Å². The van der Waals surface area contributed by atoms with Crippen LogP contribution in [0.3, 0.4) is 0 Å². The summed E-state index contributed by atoms with van der Waals surface area (Å²) >= 11 is 0. The van der Waals surface area contributed by atoms with E-state index in [0.29, 0.717) is 6.04 Å². The molecule has 134 valence electrons. The average molecular weight is 370 g/mol. The highest BCUT2D eigenvalue weighted by Gasteiger charge is 2.32. The van der Waals surface area contributed by atoms with Gasteiger partial charge in [0, 0.05) is 49.3 Å². The zero-order valence-corrected chi connectivity index (χ0v) is 15.8. The Hall–Kier alpha value is -0.740. The predicted octanol–water partition coefficient (Wildman–Crippen LogP) is 4.54. The highest BCUT2D eigenvalue weighted by Crippen LogP contribution is 2.40. The van der Waals surface area contributed by atoms with E-state index in [1.165, 1.54) is 61.7 Å². The van der Waals surface area contributed by atoms with E-state index in [1.807, 2.05) is 0 Å². The van der Waals surface area contributed by atoms with E-state index in [9.17, 15) is 0 Å². The molecule has 2 N–H and O–H groups in total. The van der Waals surface area contributed by atoms with Crippen LogP contribution in [0.1, 0.15) is 43.7 Å². The van der Waals surface area contributed by atoms with E-state index < -0.39 is 0 Å². The molecular formula is C19H29Cl2N3. The molecule has 0 radical (unpaired) electrons. The van der Waals surface area contributed by atoms with E-state index >= 15 is 0 Å². The molecule has 24 heavy (non-hydrogen) atoms. The first kappa shape index (κ1) is 19.6. The SMILES string of the molecule is Cl.Cl.c1ccc2c([C@@H](C3CCCCC3)N3CCNCC3)c[nH]c2c1. The number of H-pyrrole nitrogens is 1. The minimum absolute atomic E-state index is 0. The molecule has 2 aliphatic rings. The Morgan fingerprint density at radius 2 is 1.67 bits per heavy atom. The summed E-state index contributed by atoms with van der Waals surface area (Å²) in [6, 6.07) is 9.39. The van der Waals surface area contributed by atoms with Gasteiger partial charge in [-0.05, 0) is 30.4 Å². The molecule has 0 spiro atoms.